The van der Waals surface area contributed by atoms with Crippen molar-refractivity contribution >= 4 is 24.2 Å². The van der Waals surface area contributed by atoms with Gasteiger partial charge in [-0.3, -0.25) is 0 Å². The number of piperazine rings is 1. The average Bonchev–Trinajstić information content (AvgIpc) is 3.30. The molecular weight excluding hydrogens is 426 g/mol. The summed E-state index contributed by atoms with van der Waals surface area (Å²) in [5, 5.41) is 0. The van der Waals surface area contributed by atoms with Gasteiger partial charge in [-0.05, 0) is 53.0 Å². The van der Waals surface area contributed by atoms with Gasteiger partial charge in [0.2, 0.25) is 0 Å². The van der Waals surface area contributed by atoms with E-state index in [0.29, 0.717) is 26.2 Å². The quantitative estimate of drug-likeness (QED) is 0.518. The highest BCUT2D eigenvalue weighted by Crippen LogP contribution is 2.59. The lowest BCUT2D eigenvalue weighted by Gasteiger charge is -2.35. The fourth-order valence-corrected chi connectivity index (χ4v) is 5.10. The minimum Gasteiger partial charge on any atom is -0.459 e. The highest BCUT2D eigenvalue weighted by atomic mass is 32.2. The number of nitrogens with one attached hydrogen (secondary N) is 1. The van der Waals surface area contributed by atoms with E-state index in [1.165, 1.54) is 12.1 Å². The molecule has 1 saturated carbocycles. The number of hydrogen-bond donors (Lipinski definition) is 1. The average molecular weight is 464 g/mol. The summed E-state index contributed by atoms with van der Waals surface area (Å²) in [6.45, 7) is 15.9. The van der Waals surface area contributed by atoms with E-state index in [4.69, 9.17) is 9.47 Å². The predicted molar refractivity (Wildman–Crippen MR) is 127 cm³/mol. The van der Waals surface area contributed by atoms with Gasteiger partial charge in [-0.25, -0.2) is 18.6 Å². The molecule has 0 radical (unpaired) electrons. The first-order valence-corrected chi connectivity index (χ1v) is 12.1. The second-order valence-corrected chi connectivity index (χ2v) is 11.5. The summed E-state index contributed by atoms with van der Waals surface area (Å²) < 4.78 is 16.9. The van der Waals surface area contributed by atoms with E-state index in [0.717, 1.165) is 5.56 Å². The molecule has 1 aliphatic carbocycles. The molecule has 1 heterocycles. The second-order valence-electron chi connectivity index (χ2n) is 10.6. The number of nitrogens with zero attached hydrogens (tertiary/aromatic N) is 2. The molecule has 1 aliphatic heterocycles. The molecule has 1 N–H and O–H groups in total. The lowest BCUT2D eigenvalue weighted by Crippen LogP contribution is -2.50. The van der Waals surface area contributed by atoms with Gasteiger partial charge in [0, 0.05) is 44.2 Å². The Morgan fingerprint density at radius 3 is 2.06 bits per heavy atom. The largest absolute Gasteiger partial charge is 0.459 e. The number of amides is 1. The number of rotatable bonds is 5. The smallest absolute Gasteiger partial charge is 0.410 e. The summed E-state index contributed by atoms with van der Waals surface area (Å²) in [5.41, 5.74) is -0.701. The van der Waals surface area contributed by atoms with Crippen LogP contribution in [-0.4, -0.2) is 64.2 Å². The van der Waals surface area contributed by atoms with Gasteiger partial charge in [0.25, 0.3) is 0 Å². The Hall–Kier alpha value is -1.77. The van der Waals surface area contributed by atoms with Gasteiger partial charge in [0.1, 0.15) is 16.7 Å². The van der Waals surface area contributed by atoms with Crippen LogP contribution >= 0.6 is 12.1 Å². The second kappa shape index (κ2) is 9.23. The van der Waals surface area contributed by atoms with Gasteiger partial charge < -0.3 is 14.4 Å². The van der Waals surface area contributed by atoms with Crippen molar-refractivity contribution in [3.63, 3.8) is 0 Å². The zero-order valence-electron chi connectivity index (χ0n) is 20.3. The number of hydrogen-bond acceptors (Lipinski definition) is 7. The van der Waals surface area contributed by atoms with Crippen molar-refractivity contribution in [3.05, 3.63) is 35.9 Å². The Labute approximate surface area is 196 Å². The standard InChI is InChI=1S/C24H37N3O4S/c1-17-19(18-11-9-8-10-12-18)24(17,20(28)30-22(2,3)4)25-32-27-15-13-26(14-16-27)21(29)31-23(5,6)7/h8-12,17,19,25H,13-16H2,1-7H3/t17-,19?,24-/m0/s1. The predicted octanol–water partition coefficient (Wildman–Crippen LogP) is 4.21. The SMILES string of the molecule is C[C@H]1C(c2ccccc2)[C@]1(NSN1CCN(C(=O)OC(C)(C)C)CC1)C(=O)OC(C)(C)C. The van der Waals surface area contributed by atoms with Crippen LogP contribution in [0.5, 0.6) is 0 Å². The normalized spacial score (nSPS) is 26.5. The zero-order chi connectivity index (χ0) is 23.7. The van der Waals surface area contributed by atoms with Crippen molar-refractivity contribution < 1.29 is 19.1 Å². The minimum absolute atomic E-state index is 0.0501. The maximum absolute atomic E-state index is 13.3. The molecule has 1 amide bonds. The molecule has 0 bridgehead atoms. The monoisotopic (exact) mass is 463 g/mol. The summed E-state index contributed by atoms with van der Waals surface area (Å²) in [6.07, 6.45) is -0.278. The molecule has 0 spiro atoms. The zero-order valence-corrected chi connectivity index (χ0v) is 21.1. The number of benzene rings is 1. The molecule has 178 valence electrons. The Balaban J connectivity index is 1.64. The Morgan fingerprint density at radius 2 is 1.53 bits per heavy atom. The van der Waals surface area contributed by atoms with Crippen molar-refractivity contribution in [2.75, 3.05) is 26.2 Å². The molecule has 3 rings (SSSR count). The molecule has 8 heteroatoms. The van der Waals surface area contributed by atoms with Gasteiger partial charge in [-0.15, -0.1) is 0 Å². The minimum atomic E-state index is -0.776. The van der Waals surface area contributed by atoms with Gasteiger partial charge in [0.05, 0.1) is 0 Å². The van der Waals surface area contributed by atoms with Crippen LogP contribution in [0.15, 0.2) is 30.3 Å². The van der Waals surface area contributed by atoms with Crippen LogP contribution in [-0.2, 0) is 14.3 Å². The molecule has 1 aromatic carbocycles. The third kappa shape index (κ3) is 5.77. The molecule has 3 atom stereocenters. The van der Waals surface area contributed by atoms with E-state index in [2.05, 4.69) is 28.1 Å². The first-order valence-electron chi connectivity index (χ1n) is 11.3. The third-order valence-corrected chi connectivity index (χ3v) is 6.78. The molecule has 2 aliphatic rings. The lowest BCUT2D eigenvalue weighted by atomic mass is 10.1. The van der Waals surface area contributed by atoms with E-state index < -0.39 is 16.7 Å². The summed E-state index contributed by atoms with van der Waals surface area (Å²) >= 11 is 1.45. The molecule has 7 nitrogen and oxygen atoms in total. The lowest BCUT2D eigenvalue weighted by molar-refractivity contribution is -0.158. The number of carbonyl (C=O) groups is 2. The number of esters is 1. The molecule has 1 unspecified atom stereocenters. The van der Waals surface area contributed by atoms with Crippen LogP contribution in [0, 0.1) is 5.92 Å². The molecule has 0 aromatic heterocycles. The van der Waals surface area contributed by atoms with Crippen molar-refractivity contribution in [3.8, 4) is 0 Å². The Kier molecular flexibility index (Phi) is 7.17. The molecule has 1 saturated heterocycles. The van der Waals surface area contributed by atoms with E-state index in [9.17, 15) is 9.59 Å². The van der Waals surface area contributed by atoms with E-state index in [-0.39, 0.29) is 23.9 Å². The van der Waals surface area contributed by atoms with Crippen LogP contribution in [0.1, 0.15) is 59.9 Å². The molecule has 1 aromatic rings. The third-order valence-electron chi connectivity index (χ3n) is 5.73. The number of ether oxygens (including phenoxy) is 2. The first kappa shape index (κ1) is 24.9. The summed E-state index contributed by atoms with van der Waals surface area (Å²) in [5.74, 6) is -0.0596. The van der Waals surface area contributed by atoms with Crippen molar-refractivity contribution in [2.45, 2.75) is 71.1 Å². The Bertz CT molecular complexity index is 813. The topological polar surface area (TPSA) is 71.1 Å². The molecule has 2 fully saturated rings. The van der Waals surface area contributed by atoms with E-state index in [1.54, 1.807) is 4.90 Å². The van der Waals surface area contributed by atoms with E-state index in [1.807, 2.05) is 59.7 Å². The summed E-state index contributed by atoms with van der Waals surface area (Å²) in [7, 11) is 0. The van der Waals surface area contributed by atoms with Crippen molar-refractivity contribution in [1.82, 2.24) is 13.9 Å². The van der Waals surface area contributed by atoms with Crippen LogP contribution in [0.2, 0.25) is 0 Å². The van der Waals surface area contributed by atoms with Gasteiger partial charge in [0.15, 0.2) is 0 Å². The van der Waals surface area contributed by atoms with Gasteiger partial charge in [-0.2, -0.15) is 0 Å². The fraction of sp³-hybridized carbons (Fsp3) is 0.667. The van der Waals surface area contributed by atoms with E-state index >= 15 is 0 Å². The van der Waals surface area contributed by atoms with Crippen LogP contribution in [0.3, 0.4) is 0 Å². The summed E-state index contributed by atoms with van der Waals surface area (Å²) in [4.78, 5) is 27.3. The number of carbonyl (C=O) groups excluding carboxylic acids is 2. The summed E-state index contributed by atoms with van der Waals surface area (Å²) in [6, 6.07) is 10.1. The Morgan fingerprint density at radius 1 is 0.969 bits per heavy atom. The van der Waals surface area contributed by atoms with Crippen LogP contribution in [0.25, 0.3) is 0 Å². The maximum atomic E-state index is 13.3. The first-order chi connectivity index (χ1) is 14.8. The fourth-order valence-electron chi connectivity index (χ4n) is 4.07. The van der Waals surface area contributed by atoms with Crippen LogP contribution in [0.4, 0.5) is 4.79 Å². The molecular formula is C24H37N3O4S. The highest BCUT2D eigenvalue weighted by Gasteiger charge is 2.69. The molecule has 32 heavy (non-hydrogen) atoms. The van der Waals surface area contributed by atoms with Crippen molar-refractivity contribution in [1.29, 1.82) is 0 Å². The van der Waals surface area contributed by atoms with Crippen molar-refractivity contribution in [2.24, 2.45) is 5.92 Å². The maximum Gasteiger partial charge on any atom is 0.410 e. The van der Waals surface area contributed by atoms with Crippen LogP contribution < -0.4 is 4.72 Å². The van der Waals surface area contributed by atoms with Gasteiger partial charge in [-0.1, -0.05) is 37.3 Å². The van der Waals surface area contributed by atoms with Gasteiger partial charge >= 0.3 is 12.1 Å². The highest BCUT2D eigenvalue weighted by molar-refractivity contribution is 7.95.